The quantitative estimate of drug-likeness (QED) is 0.708. The summed E-state index contributed by atoms with van der Waals surface area (Å²) in [6.45, 7) is 2.18. The molecule has 32 heavy (non-hydrogen) atoms. The van der Waals surface area contributed by atoms with Gasteiger partial charge in [0.15, 0.2) is 0 Å². The summed E-state index contributed by atoms with van der Waals surface area (Å²) in [6, 6.07) is 13.5. The van der Waals surface area contributed by atoms with Gasteiger partial charge in [0, 0.05) is 12.6 Å². The van der Waals surface area contributed by atoms with Crippen molar-refractivity contribution < 1.29 is 18.8 Å². The van der Waals surface area contributed by atoms with Crippen molar-refractivity contribution in [2.45, 2.75) is 50.7 Å². The van der Waals surface area contributed by atoms with Gasteiger partial charge in [-0.05, 0) is 67.3 Å². The standard InChI is InChI=1S/C25H26FN3O3/c1-16(18-7-8-18)28(14-17-5-3-2-4-6-17)22(30)15-29-23(31)25(27-24(29)32)12-11-19-13-20(26)9-10-21(19)25/h2-6,9-10,13,16,18H,7-8,11-12,14-15H2,1H3,(H,27,32). The summed E-state index contributed by atoms with van der Waals surface area (Å²) < 4.78 is 13.6. The van der Waals surface area contributed by atoms with Gasteiger partial charge in [-0.2, -0.15) is 0 Å². The van der Waals surface area contributed by atoms with Crippen LogP contribution in [0.4, 0.5) is 9.18 Å². The number of benzene rings is 2. The lowest BCUT2D eigenvalue weighted by Gasteiger charge is -2.31. The van der Waals surface area contributed by atoms with Gasteiger partial charge in [-0.25, -0.2) is 9.18 Å². The minimum Gasteiger partial charge on any atom is -0.334 e. The van der Waals surface area contributed by atoms with Crippen LogP contribution in [-0.4, -0.2) is 40.2 Å². The number of nitrogens with one attached hydrogen (secondary N) is 1. The molecule has 3 aliphatic rings. The molecular formula is C25H26FN3O3. The van der Waals surface area contributed by atoms with E-state index in [9.17, 15) is 18.8 Å². The van der Waals surface area contributed by atoms with Gasteiger partial charge < -0.3 is 10.2 Å². The van der Waals surface area contributed by atoms with Crippen molar-refractivity contribution in [3.05, 3.63) is 71.0 Å². The van der Waals surface area contributed by atoms with Crippen LogP contribution in [-0.2, 0) is 28.1 Å². The topological polar surface area (TPSA) is 69.7 Å². The first-order chi connectivity index (χ1) is 15.4. The summed E-state index contributed by atoms with van der Waals surface area (Å²) in [5, 5.41) is 2.81. The van der Waals surface area contributed by atoms with E-state index in [-0.39, 0.29) is 24.3 Å². The normalized spacial score (nSPS) is 22.8. The fraction of sp³-hybridized carbons (Fsp3) is 0.400. The number of imide groups is 1. The van der Waals surface area contributed by atoms with E-state index in [1.54, 1.807) is 11.0 Å². The summed E-state index contributed by atoms with van der Waals surface area (Å²) in [5.41, 5.74) is 1.15. The number of fused-ring (bicyclic) bond motifs is 2. The van der Waals surface area contributed by atoms with E-state index in [1.165, 1.54) is 12.1 Å². The molecule has 1 saturated heterocycles. The van der Waals surface area contributed by atoms with Gasteiger partial charge in [-0.3, -0.25) is 14.5 Å². The Hall–Kier alpha value is -3.22. The Balaban J connectivity index is 1.37. The molecule has 4 amide bonds. The molecule has 0 bridgehead atoms. The third kappa shape index (κ3) is 3.45. The number of aryl methyl sites for hydroxylation is 1. The first kappa shape index (κ1) is 20.7. The number of hydrogen-bond acceptors (Lipinski definition) is 3. The molecule has 2 atom stereocenters. The van der Waals surface area contributed by atoms with Crippen molar-refractivity contribution in [1.82, 2.24) is 15.1 Å². The van der Waals surface area contributed by atoms with E-state index in [2.05, 4.69) is 5.32 Å². The molecule has 166 valence electrons. The number of amides is 4. The van der Waals surface area contributed by atoms with Gasteiger partial charge in [-0.15, -0.1) is 0 Å². The van der Waals surface area contributed by atoms with Gasteiger partial charge in [0.1, 0.15) is 17.9 Å². The van der Waals surface area contributed by atoms with Crippen molar-refractivity contribution in [3.8, 4) is 0 Å². The second kappa shape index (κ2) is 7.73. The lowest BCUT2D eigenvalue weighted by Crippen LogP contribution is -2.47. The summed E-state index contributed by atoms with van der Waals surface area (Å²) in [4.78, 5) is 42.4. The van der Waals surface area contributed by atoms with Crippen LogP contribution >= 0.6 is 0 Å². The zero-order valence-corrected chi connectivity index (χ0v) is 18.0. The van der Waals surface area contributed by atoms with Crippen LogP contribution in [0.15, 0.2) is 48.5 Å². The molecule has 1 aliphatic heterocycles. The fourth-order valence-corrected chi connectivity index (χ4v) is 5.06. The highest BCUT2D eigenvalue weighted by molar-refractivity contribution is 6.10. The smallest absolute Gasteiger partial charge is 0.325 e. The Morgan fingerprint density at radius 2 is 1.97 bits per heavy atom. The van der Waals surface area contributed by atoms with Crippen molar-refractivity contribution in [3.63, 3.8) is 0 Å². The van der Waals surface area contributed by atoms with E-state index in [0.29, 0.717) is 30.9 Å². The monoisotopic (exact) mass is 435 g/mol. The lowest BCUT2D eigenvalue weighted by atomic mass is 9.92. The number of urea groups is 1. The zero-order valence-electron chi connectivity index (χ0n) is 18.0. The predicted molar refractivity (Wildman–Crippen MR) is 116 cm³/mol. The van der Waals surface area contributed by atoms with Crippen LogP contribution in [0.2, 0.25) is 0 Å². The third-order valence-corrected chi connectivity index (χ3v) is 7.08. The average molecular weight is 435 g/mol. The van der Waals surface area contributed by atoms with Crippen LogP contribution in [0.25, 0.3) is 0 Å². The van der Waals surface area contributed by atoms with Crippen molar-refractivity contribution in [2.75, 3.05) is 6.54 Å². The molecule has 2 aromatic carbocycles. The summed E-state index contributed by atoms with van der Waals surface area (Å²) >= 11 is 0. The van der Waals surface area contributed by atoms with Gasteiger partial charge in [0.05, 0.1) is 0 Å². The Labute approximate surface area is 186 Å². The van der Waals surface area contributed by atoms with Gasteiger partial charge in [0.2, 0.25) is 5.91 Å². The first-order valence-electron chi connectivity index (χ1n) is 11.2. The van der Waals surface area contributed by atoms with Crippen molar-refractivity contribution in [2.24, 2.45) is 5.92 Å². The van der Waals surface area contributed by atoms with E-state index < -0.39 is 17.5 Å². The van der Waals surface area contributed by atoms with Crippen molar-refractivity contribution in [1.29, 1.82) is 0 Å². The number of rotatable bonds is 6. The van der Waals surface area contributed by atoms with Crippen LogP contribution < -0.4 is 5.32 Å². The first-order valence-corrected chi connectivity index (χ1v) is 11.2. The van der Waals surface area contributed by atoms with Crippen LogP contribution in [0, 0.1) is 11.7 Å². The highest BCUT2D eigenvalue weighted by Gasteiger charge is 2.56. The van der Waals surface area contributed by atoms with E-state index in [0.717, 1.165) is 28.9 Å². The van der Waals surface area contributed by atoms with Crippen LogP contribution in [0.1, 0.15) is 42.9 Å². The highest BCUT2D eigenvalue weighted by Crippen LogP contribution is 2.42. The molecule has 6 nitrogen and oxygen atoms in total. The second-order valence-electron chi connectivity index (χ2n) is 9.11. The van der Waals surface area contributed by atoms with Crippen molar-refractivity contribution >= 4 is 17.8 Å². The Morgan fingerprint density at radius 3 is 2.69 bits per heavy atom. The van der Waals surface area contributed by atoms with E-state index >= 15 is 0 Å². The average Bonchev–Trinajstić information content (AvgIpc) is 3.54. The maximum Gasteiger partial charge on any atom is 0.325 e. The number of nitrogens with zero attached hydrogens (tertiary/aromatic N) is 2. The number of halogens is 1. The predicted octanol–water partition coefficient (Wildman–Crippen LogP) is 3.35. The molecule has 0 aromatic heterocycles. The summed E-state index contributed by atoms with van der Waals surface area (Å²) in [7, 11) is 0. The molecule has 1 saturated carbocycles. The molecule has 2 unspecified atom stereocenters. The highest BCUT2D eigenvalue weighted by atomic mass is 19.1. The zero-order chi connectivity index (χ0) is 22.5. The molecule has 2 aromatic rings. The molecule has 2 aliphatic carbocycles. The number of hydrogen-bond donors (Lipinski definition) is 1. The minimum absolute atomic E-state index is 0.0348. The molecule has 1 N–H and O–H groups in total. The van der Waals surface area contributed by atoms with Crippen LogP contribution in [0.3, 0.4) is 0 Å². The Kier molecular flexibility index (Phi) is 4.99. The van der Waals surface area contributed by atoms with E-state index in [4.69, 9.17) is 0 Å². The summed E-state index contributed by atoms with van der Waals surface area (Å²) in [5.74, 6) is -0.588. The van der Waals surface area contributed by atoms with E-state index in [1.807, 2.05) is 37.3 Å². The van der Waals surface area contributed by atoms with Gasteiger partial charge >= 0.3 is 6.03 Å². The summed E-state index contributed by atoms with van der Waals surface area (Å²) in [6.07, 6.45) is 3.03. The van der Waals surface area contributed by atoms with Crippen LogP contribution in [0.5, 0.6) is 0 Å². The Bertz CT molecular complexity index is 1090. The Morgan fingerprint density at radius 1 is 1.22 bits per heavy atom. The maximum absolute atomic E-state index is 13.6. The largest absolute Gasteiger partial charge is 0.334 e. The molecule has 2 fully saturated rings. The molecule has 1 heterocycles. The maximum atomic E-state index is 13.6. The molecule has 1 spiro atoms. The second-order valence-corrected chi connectivity index (χ2v) is 9.11. The number of carbonyl (C=O) groups excluding carboxylic acids is 3. The van der Waals surface area contributed by atoms with Gasteiger partial charge in [-0.1, -0.05) is 36.4 Å². The molecular weight excluding hydrogens is 409 g/mol. The van der Waals surface area contributed by atoms with Gasteiger partial charge in [0.25, 0.3) is 5.91 Å². The third-order valence-electron chi connectivity index (χ3n) is 7.08. The fourth-order valence-electron chi connectivity index (χ4n) is 5.06. The lowest BCUT2D eigenvalue weighted by molar-refractivity contribution is -0.141. The minimum atomic E-state index is -1.20. The number of carbonyl (C=O) groups is 3. The molecule has 7 heteroatoms. The SMILES string of the molecule is CC(C1CC1)N(Cc1ccccc1)C(=O)CN1C(=O)NC2(CCc3cc(F)ccc32)C1=O. The molecule has 5 rings (SSSR count). The molecule has 0 radical (unpaired) electrons.